The standard InChI is InChI=1S/C24H28N2O5S/c1-16(18-8-7-17-5-3-4-6-19(17)13-18)25-23(27)15-31-24(28)21-9-10-22-20(14-21)11-12-26(22)32(2,29)30/h7-10,13-14,16H,3-6,11-12,15H2,1-2H3,(H,25,27). The molecule has 2 aromatic rings. The lowest BCUT2D eigenvalue weighted by atomic mass is 9.89. The van der Waals surface area contributed by atoms with Crippen LogP contribution in [0.1, 0.15) is 58.4 Å². The maximum atomic E-state index is 12.4. The lowest BCUT2D eigenvalue weighted by molar-refractivity contribution is -0.124. The Hall–Kier alpha value is -2.87. The fourth-order valence-corrected chi connectivity index (χ4v) is 5.40. The number of sulfonamides is 1. The maximum absolute atomic E-state index is 12.4. The minimum Gasteiger partial charge on any atom is -0.452 e. The second kappa shape index (κ2) is 8.94. The van der Waals surface area contributed by atoms with Gasteiger partial charge in [0.25, 0.3) is 5.91 Å². The van der Waals surface area contributed by atoms with Crippen molar-refractivity contribution in [2.24, 2.45) is 0 Å². The maximum Gasteiger partial charge on any atom is 0.338 e. The third kappa shape index (κ3) is 4.80. The monoisotopic (exact) mass is 456 g/mol. The van der Waals surface area contributed by atoms with Gasteiger partial charge in [-0.1, -0.05) is 18.2 Å². The molecule has 0 bridgehead atoms. The second-order valence-corrected chi connectivity index (χ2v) is 10.4. The highest BCUT2D eigenvalue weighted by molar-refractivity contribution is 7.92. The van der Waals surface area contributed by atoms with Gasteiger partial charge >= 0.3 is 5.97 Å². The zero-order valence-corrected chi connectivity index (χ0v) is 19.2. The van der Waals surface area contributed by atoms with Gasteiger partial charge in [-0.25, -0.2) is 13.2 Å². The topological polar surface area (TPSA) is 92.8 Å². The minimum atomic E-state index is -3.35. The van der Waals surface area contributed by atoms with Crippen LogP contribution in [0.3, 0.4) is 0 Å². The molecule has 8 heteroatoms. The Bertz CT molecular complexity index is 1160. The van der Waals surface area contributed by atoms with Crippen LogP contribution in [0.4, 0.5) is 5.69 Å². The molecule has 0 saturated carbocycles. The molecule has 0 aromatic heterocycles. The number of benzene rings is 2. The fourth-order valence-electron chi connectivity index (χ4n) is 4.45. The highest BCUT2D eigenvalue weighted by Crippen LogP contribution is 2.31. The number of ether oxygens (including phenoxy) is 1. The number of nitrogens with zero attached hydrogens (tertiary/aromatic N) is 1. The summed E-state index contributed by atoms with van der Waals surface area (Å²) in [6, 6.07) is 10.9. The Balaban J connectivity index is 1.33. The summed E-state index contributed by atoms with van der Waals surface area (Å²) < 4.78 is 30.2. The van der Waals surface area contributed by atoms with E-state index in [1.165, 1.54) is 34.3 Å². The van der Waals surface area contributed by atoms with Crippen LogP contribution in [0.5, 0.6) is 0 Å². The number of rotatable bonds is 6. The molecule has 1 aliphatic carbocycles. The van der Waals surface area contributed by atoms with Gasteiger partial charge in [-0.2, -0.15) is 0 Å². The van der Waals surface area contributed by atoms with E-state index in [2.05, 4.69) is 17.4 Å². The van der Waals surface area contributed by atoms with Crippen molar-refractivity contribution >= 4 is 27.6 Å². The zero-order chi connectivity index (χ0) is 22.9. The molecule has 170 valence electrons. The summed E-state index contributed by atoms with van der Waals surface area (Å²) in [5, 5.41) is 2.88. The van der Waals surface area contributed by atoms with Crippen LogP contribution in [0.2, 0.25) is 0 Å². The summed E-state index contributed by atoms with van der Waals surface area (Å²) in [5.41, 5.74) is 5.44. The zero-order valence-electron chi connectivity index (χ0n) is 18.4. The number of anilines is 1. The molecule has 1 unspecified atom stereocenters. The van der Waals surface area contributed by atoms with Crippen LogP contribution in [-0.4, -0.2) is 39.7 Å². The lowest BCUT2D eigenvalue weighted by Gasteiger charge is -2.20. The molecule has 1 N–H and O–H groups in total. The van der Waals surface area contributed by atoms with Crippen LogP contribution in [0.15, 0.2) is 36.4 Å². The normalized spacial score (nSPS) is 16.1. The molecule has 1 heterocycles. The molecule has 2 aromatic carbocycles. The Morgan fingerprint density at radius 1 is 1.03 bits per heavy atom. The van der Waals surface area contributed by atoms with E-state index in [4.69, 9.17) is 4.74 Å². The van der Waals surface area contributed by atoms with Gasteiger partial charge in [-0.05, 0) is 79.5 Å². The number of nitrogens with one attached hydrogen (secondary N) is 1. The highest BCUT2D eigenvalue weighted by Gasteiger charge is 2.27. The molecule has 4 rings (SSSR count). The van der Waals surface area contributed by atoms with Crippen molar-refractivity contribution in [3.63, 3.8) is 0 Å². The van der Waals surface area contributed by atoms with Crippen LogP contribution in [-0.2, 0) is 38.8 Å². The van der Waals surface area contributed by atoms with Gasteiger partial charge < -0.3 is 10.1 Å². The van der Waals surface area contributed by atoms with E-state index in [9.17, 15) is 18.0 Å². The molecule has 0 spiro atoms. The third-order valence-electron chi connectivity index (χ3n) is 6.15. The summed E-state index contributed by atoms with van der Waals surface area (Å²) in [6.45, 7) is 1.90. The van der Waals surface area contributed by atoms with Crippen molar-refractivity contribution in [3.8, 4) is 0 Å². The van der Waals surface area contributed by atoms with Gasteiger partial charge in [-0.15, -0.1) is 0 Å². The van der Waals surface area contributed by atoms with Crippen LogP contribution >= 0.6 is 0 Å². The van der Waals surface area contributed by atoms with E-state index < -0.39 is 16.0 Å². The number of fused-ring (bicyclic) bond motifs is 2. The van der Waals surface area contributed by atoms with E-state index in [1.807, 2.05) is 13.0 Å². The second-order valence-electron chi connectivity index (χ2n) is 8.53. The Morgan fingerprint density at radius 3 is 2.53 bits per heavy atom. The number of amides is 1. The molecule has 0 saturated heterocycles. The quantitative estimate of drug-likeness (QED) is 0.675. The number of carbonyl (C=O) groups excluding carboxylic acids is 2. The van der Waals surface area contributed by atoms with Crippen molar-refractivity contribution in [1.29, 1.82) is 0 Å². The minimum absolute atomic E-state index is 0.185. The van der Waals surface area contributed by atoms with Crippen molar-refractivity contribution in [2.75, 3.05) is 23.7 Å². The van der Waals surface area contributed by atoms with Gasteiger partial charge in [0.05, 0.1) is 23.5 Å². The van der Waals surface area contributed by atoms with Crippen molar-refractivity contribution < 1.29 is 22.7 Å². The smallest absolute Gasteiger partial charge is 0.338 e. The van der Waals surface area contributed by atoms with Crippen molar-refractivity contribution in [2.45, 2.75) is 45.1 Å². The number of hydrogen-bond acceptors (Lipinski definition) is 5. The van der Waals surface area contributed by atoms with E-state index in [-0.39, 0.29) is 18.6 Å². The average molecular weight is 457 g/mol. The number of carbonyl (C=O) groups is 2. The van der Waals surface area contributed by atoms with E-state index in [1.54, 1.807) is 12.1 Å². The first kappa shape index (κ1) is 22.3. The predicted octanol–water partition coefficient (Wildman–Crippen LogP) is 2.92. The Kier molecular flexibility index (Phi) is 6.24. The van der Waals surface area contributed by atoms with Gasteiger partial charge in [0, 0.05) is 6.54 Å². The van der Waals surface area contributed by atoms with E-state index in [0.717, 1.165) is 30.2 Å². The summed E-state index contributed by atoms with van der Waals surface area (Å²) in [4.78, 5) is 24.7. The molecule has 32 heavy (non-hydrogen) atoms. The largest absolute Gasteiger partial charge is 0.452 e. The first-order valence-electron chi connectivity index (χ1n) is 10.9. The lowest BCUT2D eigenvalue weighted by Crippen LogP contribution is -2.31. The van der Waals surface area contributed by atoms with Crippen LogP contribution < -0.4 is 9.62 Å². The number of hydrogen-bond donors (Lipinski definition) is 1. The summed E-state index contributed by atoms with van der Waals surface area (Å²) >= 11 is 0. The fraction of sp³-hybridized carbons (Fsp3) is 0.417. The van der Waals surface area contributed by atoms with Gasteiger partial charge in [0.1, 0.15) is 0 Å². The highest BCUT2D eigenvalue weighted by atomic mass is 32.2. The van der Waals surface area contributed by atoms with Gasteiger partial charge in [-0.3, -0.25) is 9.10 Å². The van der Waals surface area contributed by atoms with E-state index >= 15 is 0 Å². The van der Waals surface area contributed by atoms with Crippen molar-refractivity contribution in [3.05, 3.63) is 64.2 Å². The molecule has 1 amide bonds. The van der Waals surface area contributed by atoms with Crippen molar-refractivity contribution in [1.82, 2.24) is 5.32 Å². The molecule has 0 radical (unpaired) electrons. The molecular formula is C24H28N2O5S. The summed E-state index contributed by atoms with van der Waals surface area (Å²) in [6.07, 6.45) is 6.30. The average Bonchev–Trinajstić information content (AvgIpc) is 3.21. The molecular weight excluding hydrogens is 428 g/mol. The molecule has 7 nitrogen and oxygen atoms in total. The SMILES string of the molecule is CC(NC(=O)COC(=O)c1ccc2c(c1)CCN2S(C)(=O)=O)c1ccc2c(c1)CCCC2. The first-order valence-corrected chi connectivity index (χ1v) is 12.8. The summed E-state index contributed by atoms with van der Waals surface area (Å²) in [5.74, 6) is -0.977. The molecule has 2 aliphatic rings. The number of aryl methyl sites for hydroxylation is 2. The molecule has 0 fully saturated rings. The van der Waals surface area contributed by atoms with Gasteiger partial charge in [0.15, 0.2) is 6.61 Å². The molecule has 1 aliphatic heterocycles. The number of esters is 1. The Labute approximate surface area is 188 Å². The predicted molar refractivity (Wildman–Crippen MR) is 122 cm³/mol. The van der Waals surface area contributed by atoms with Crippen LogP contribution in [0.25, 0.3) is 0 Å². The first-order chi connectivity index (χ1) is 15.2. The van der Waals surface area contributed by atoms with E-state index in [0.29, 0.717) is 24.2 Å². The van der Waals surface area contributed by atoms with Gasteiger partial charge in [0.2, 0.25) is 10.0 Å². The summed E-state index contributed by atoms with van der Waals surface area (Å²) in [7, 11) is -3.35. The Morgan fingerprint density at radius 2 is 1.78 bits per heavy atom. The van der Waals surface area contributed by atoms with Crippen LogP contribution in [0, 0.1) is 0 Å². The third-order valence-corrected chi connectivity index (χ3v) is 7.33. The molecule has 1 atom stereocenters.